The number of para-hydroxylation sites is 2. The van der Waals surface area contributed by atoms with Crippen LogP contribution in [0.4, 0.5) is 25.1 Å². The first-order valence-corrected chi connectivity index (χ1v) is 12.2. The number of hydrogen-bond acceptors (Lipinski definition) is 7. The number of rotatable bonds is 10. The van der Waals surface area contributed by atoms with Gasteiger partial charge in [0.15, 0.2) is 0 Å². The van der Waals surface area contributed by atoms with Crippen LogP contribution in [0.15, 0.2) is 82.4 Å². The van der Waals surface area contributed by atoms with E-state index in [0.29, 0.717) is 23.6 Å². The number of hydrogen-bond donors (Lipinski definition) is 2. The van der Waals surface area contributed by atoms with Gasteiger partial charge in [0.1, 0.15) is 11.6 Å². The molecule has 0 aliphatic carbocycles. The summed E-state index contributed by atoms with van der Waals surface area (Å²) >= 11 is 0. The number of nitrogen functional groups attached to an aromatic ring is 1. The lowest BCUT2D eigenvalue weighted by Crippen LogP contribution is -2.43. The van der Waals surface area contributed by atoms with E-state index in [1.165, 1.54) is 53.1 Å². The number of benzene rings is 3. The molecule has 0 spiro atoms. The monoisotopic (exact) mass is 551 g/mol. The zero-order valence-electron chi connectivity index (χ0n) is 21.0. The van der Waals surface area contributed by atoms with E-state index in [9.17, 15) is 22.8 Å². The maximum Gasteiger partial charge on any atom is 0.387 e. The number of nitrogens with two attached hydrogens (primary N) is 1. The highest BCUT2D eigenvalue weighted by atomic mass is 19.3. The van der Waals surface area contributed by atoms with Gasteiger partial charge in [-0.15, -0.1) is 0 Å². The van der Waals surface area contributed by atoms with Crippen molar-refractivity contribution in [3.63, 3.8) is 0 Å². The van der Waals surface area contributed by atoms with Crippen LogP contribution in [0.2, 0.25) is 0 Å². The molecule has 13 heteroatoms. The van der Waals surface area contributed by atoms with E-state index in [1.54, 1.807) is 4.57 Å². The van der Waals surface area contributed by atoms with Crippen LogP contribution in [-0.2, 0) is 19.6 Å². The Morgan fingerprint density at radius 3 is 2.20 bits per heavy atom. The van der Waals surface area contributed by atoms with E-state index in [2.05, 4.69) is 20.0 Å². The van der Waals surface area contributed by atoms with Gasteiger partial charge in [0.2, 0.25) is 11.9 Å². The van der Waals surface area contributed by atoms with Crippen LogP contribution in [0.3, 0.4) is 0 Å². The molecule has 0 amide bonds. The highest BCUT2D eigenvalue weighted by Crippen LogP contribution is 2.18. The Kier molecular flexibility index (Phi) is 7.53. The van der Waals surface area contributed by atoms with E-state index in [4.69, 9.17) is 5.73 Å². The van der Waals surface area contributed by atoms with Crippen molar-refractivity contribution in [1.29, 1.82) is 0 Å². The fraction of sp³-hybridized carbons (Fsp3) is 0.185. The van der Waals surface area contributed by atoms with Crippen LogP contribution in [-0.4, -0.2) is 36.8 Å². The standard InChI is InChI=1S/C27H24F3N7O3/c28-19-9-5-17(6-10-19)16-37-26(38)34-25(32-13-14-35-22-4-2-1-3-21(22)33-24(35)31)36(27(37)39)15-18-7-11-20(12-8-18)40-23(29)30/h1-12,23H,13-16H2,(H2,31,33)(H,32,34,38). The van der Waals surface area contributed by atoms with Gasteiger partial charge in [0.25, 0.3) is 0 Å². The molecular weight excluding hydrogens is 527 g/mol. The first kappa shape index (κ1) is 26.5. The number of nitrogens with zero attached hydrogens (tertiary/aromatic N) is 5. The van der Waals surface area contributed by atoms with Gasteiger partial charge in [-0.1, -0.05) is 36.4 Å². The molecule has 5 rings (SSSR count). The van der Waals surface area contributed by atoms with Gasteiger partial charge in [-0.2, -0.15) is 13.8 Å². The van der Waals surface area contributed by atoms with Crippen molar-refractivity contribution in [3.05, 3.63) is 111 Å². The van der Waals surface area contributed by atoms with Crippen LogP contribution >= 0.6 is 0 Å². The normalized spacial score (nSPS) is 11.3. The molecule has 0 saturated carbocycles. The Balaban J connectivity index is 1.45. The molecule has 0 fully saturated rings. The molecule has 0 saturated heterocycles. The number of fused-ring (bicyclic) bond motifs is 1. The Morgan fingerprint density at radius 1 is 0.850 bits per heavy atom. The molecule has 10 nitrogen and oxygen atoms in total. The second-order valence-corrected chi connectivity index (χ2v) is 8.86. The molecule has 3 N–H and O–H groups in total. The van der Waals surface area contributed by atoms with Gasteiger partial charge in [0.05, 0.1) is 24.1 Å². The second kappa shape index (κ2) is 11.4. The first-order valence-electron chi connectivity index (χ1n) is 12.2. The predicted molar refractivity (Wildman–Crippen MR) is 143 cm³/mol. The minimum Gasteiger partial charge on any atom is -0.435 e. The highest BCUT2D eigenvalue weighted by molar-refractivity contribution is 5.78. The van der Waals surface area contributed by atoms with Crippen molar-refractivity contribution in [2.45, 2.75) is 26.2 Å². The summed E-state index contributed by atoms with van der Waals surface area (Å²) < 4.78 is 46.8. The largest absolute Gasteiger partial charge is 0.435 e. The number of nitrogens with one attached hydrogen (secondary N) is 1. The third-order valence-electron chi connectivity index (χ3n) is 6.20. The molecular formula is C27H24F3N7O3. The third-order valence-corrected chi connectivity index (χ3v) is 6.20. The zero-order valence-corrected chi connectivity index (χ0v) is 21.0. The summed E-state index contributed by atoms with van der Waals surface area (Å²) in [5.41, 5.74) is 7.30. The lowest BCUT2D eigenvalue weighted by atomic mass is 10.2. The summed E-state index contributed by atoms with van der Waals surface area (Å²) in [5, 5.41) is 3.04. The minimum atomic E-state index is -2.97. The topological polar surface area (TPSA) is 122 Å². The van der Waals surface area contributed by atoms with E-state index in [-0.39, 0.29) is 31.3 Å². The highest BCUT2D eigenvalue weighted by Gasteiger charge is 2.15. The molecule has 5 aromatic rings. The van der Waals surface area contributed by atoms with Gasteiger partial charge in [-0.25, -0.2) is 23.5 Å². The Bertz CT molecular complexity index is 1750. The summed E-state index contributed by atoms with van der Waals surface area (Å²) in [7, 11) is 0. The van der Waals surface area contributed by atoms with Gasteiger partial charge in [0, 0.05) is 13.1 Å². The Labute approximate surface area is 225 Å². The smallest absolute Gasteiger partial charge is 0.387 e. The quantitative estimate of drug-likeness (QED) is 0.273. The summed E-state index contributed by atoms with van der Waals surface area (Å²) in [6.07, 6.45) is 0. The lowest BCUT2D eigenvalue weighted by molar-refractivity contribution is -0.0498. The number of alkyl halides is 2. The van der Waals surface area contributed by atoms with Crippen molar-refractivity contribution < 1.29 is 17.9 Å². The van der Waals surface area contributed by atoms with Crippen LogP contribution in [0, 0.1) is 5.82 Å². The van der Waals surface area contributed by atoms with Gasteiger partial charge >= 0.3 is 18.0 Å². The molecule has 0 bridgehead atoms. The number of ether oxygens (including phenoxy) is 1. The summed E-state index contributed by atoms with van der Waals surface area (Å²) in [6, 6.07) is 18.6. The first-order chi connectivity index (χ1) is 19.3. The third kappa shape index (κ3) is 5.82. The zero-order chi connectivity index (χ0) is 28.2. The molecule has 2 heterocycles. The summed E-state index contributed by atoms with van der Waals surface area (Å²) in [4.78, 5) is 34.9. The maximum atomic E-state index is 13.5. The van der Waals surface area contributed by atoms with Gasteiger partial charge in [-0.05, 0) is 47.5 Å². The van der Waals surface area contributed by atoms with Gasteiger partial charge < -0.3 is 20.4 Å². The van der Waals surface area contributed by atoms with Crippen molar-refractivity contribution in [1.82, 2.24) is 23.7 Å². The lowest BCUT2D eigenvalue weighted by Gasteiger charge is -2.16. The molecule has 2 aromatic heterocycles. The van der Waals surface area contributed by atoms with Crippen LogP contribution in [0.1, 0.15) is 11.1 Å². The predicted octanol–water partition coefficient (Wildman–Crippen LogP) is 3.29. The molecule has 0 atom stereocenters. The summed E-state index contributed by atoms with van der Waals surface area (Å²) in [6.45, 7) is -2.50. The van der Waals surface area contributed by atoms with E-state index in [1.807, 2.05) is 24.3 Å². The molecule has 0 aliphatic rings. The fourth-order valence-electron chi connectivity index (χ4n) is 4.28. The molecule has 206 valence electrons. The molecule has 0 aliphatic heterocycles. The van der Waals surface area contributed by atoms with Crippen LogP contribution < -0.4 is 27.2 Å². The summed E-state index contributed by atoms with van der Waals surface area (Å²) in [5.74, 6) is -0.152. The maximum absolute atomic E-state index is 13.5. The molecule has 3 aromatic carbocycles. The van der Waals surface area contributed by atoms with Gasteiger partial charge in [-0.3, -0.25) is 4.57 Å². The van der Waals surface area contributed by atoms with Crippen LogP contribution in [0.5, 0.6) is 5.75 Å². The molecule has 0 radical (unpaired) electrons. The fourth-order valence-corrected chi connectivity index (χ4v) is 4.28. The minimum absolute atomic E-state index is 0.0151. The van der Waals surface area contributed by atoms with Crippen molar-refractivity contribution in [2.24, 2.45) is 0 Å². The van der Waals surface area contributed by atoms with Crippen LogP contribution in [0.25, 0.3) is 11.0 Å². The number of imidazole rings is 1. The number of aromatic nitrogens is 5. The van der Waals surface area contributed by atoms with Crippen molar-refractivity contribution >= 4 is 22.9 Å². The van der Waals surface area contributed by atoms with Crippen molar-refractivity contribution in [3.8, 4) is 5.75 Å². The average Bonchev–Trinajstić information content (AvgIpc) is 3.25. The van der Waals surface area contributed by atoms with E-state index >= 15 is 0 Å². The molecule has 0 unspecified atom stereocenters. The Hall–Kier alpha value is -5.07. The number of anilines is 2. The average molecular weight is 552 g/mol. The van der Waals surface area contributed by atoms with Crippen molar-refractivity contribution in [2.75, 3.05) is 17.6 Å². The van der Waals surface area contributed by atoms with E-state index < -0.39 is 23.8 Å². The second-order valence-electron chi connectivity index (χ2n) is 8.86. The molecule has 40 heavy (non-hydrogen) atoms. The SMILES string of the molecule is Nc1nc2ccccc2n1CCNc1nc(=O)n(Cc2ccc(F)cc2)c(=O)n1Cc1ccc(OC(F)F)cc1. The van der Waals surface area contributed by atoms with E-state index in [0.717, 1.165) is 15.6 Å². The Morgan fingerprint density at radius 2 is 1.50 bits per heavy atom. The number of halogens is 3.